The van der Waals surface area contributed by atoms with Crippen LogP contribution in [0.4, 0.5) is 0 Å². The lowest BCUT2D eigenvalue weighted by Crippen LogP contribution is -1.69. The molecule has 2 heteroatoms. The van der Waals surface area contributed by atoms with Gasteiger partial charge in [-0.05, 0) is 35.8 Å². The average Bonchev–Trinajstić information content (AvgIpc) is 2.31. The maximum absolute atomic E-state index is 9.84. The average molecular weight is 150 g/mol. The number of hydrogen-bond acceptors (Lipinski definition) is 2. The molecule has 0 spiro atoms. The largest absolute Gasteiger partial charge is 0.289 e. The molecule has 0 atom stereocenters. The fourth-order valence-electron chi connectivity index (χ4n) is 0.596. The van der Waals surface area contributed by atoms with E-state index in [1.807, 2.05) is 18.4 Å². The van der Waals surface area contributed by atoms with Crippen LogP contribution in [0.5, 0.6) is 0 Å². The third-order valence-electron chi connectivity index (χ3n) is 1.11. The van der Waals surface area contributed by atoms with Crippen molar-refractivity contribution in [1.29, 1.82) is 0 Å². The van der Waals surface area contributed by atoms with Crippen LogP contribution in [0.15, 0.2) is 11.4 Å². The Morgan fingerprint density at radius 3 is 3.00 bits per heavy atom. The molecule has 0 aliphatic heterocycles. The molecule has 0 fully saturated rings. The van der Waals surface area contributed by atoms with E-state index < -0.39 is 0 Å². The minimum atomic E-state index is 0.610. The fourth-order valence-corrected chi connectivity index (χ4v) is 1.38. The molecular formula is C8H6OS. The molecule has 1 nitrogen and oxygen atoms in total. The van der Waals surface area contributed by atoms with Crippen LogP contribution in [0, 0.1) is 18.8 Å². The van der Waals surface area contributed by atoms with Gasteiger partial charge in [0.2, 0.25) is 0 Å². The summed E-state index contributed by atoms with van der Waals surface area (Å²) in [6.07, 6.45) is 0.610. The molecule has 0 saturated carbocycles. The minimum absolute atomic E-state index is 0.610. The van der Waals surface area contributed by atoms with E-state index in [4.69, 9.17) is 0 Å². The lowest BCUT2D eigenvalue weighted by atomic mass is 10.3. The lowest BCUT2D eigenvalue weighted by molar-refractivity contribution is -0.103. The van der Waals surface area contributed by atoms with E-state index in [9.17, 15) is 4.79 Å². The molecule has 0 saturated heterocycles. The predicted octanol–water partition coefficient (Wildman–Crippen LogP) is 1.61. The van der Waals surface area contributed by atoms with Crippen LogP contribution in [-0.4, -0.2) is 6.29 Å². The Morgan fingerprint density at radius 2 is 2.50 bits per heavy atom. The first-order chi connectivity index (χ1) is 4.84. The summed E-state index contributed by atoms with van der Waals surface area (Å²) in [5, 5.41) is 1.96. The van der Waals surface area contributed by atoms with Crippen LogP contribution in [-0.2, 0) is 4.79 Å². The second-order valence-electron chi connectivity index (χ2n) is 1.82. The van der Waals surface area contributed by atoms with Crippen molar-refractivity contribution < 1.29 is 4.79 Å². The Balaban J connectivity index is 2.94. The molecule has 10 heavy (non-hydrogen) atoms. The highest BCUT2D eigenvalue weighted by atomic mass is 32.1. The van der Waals surface area contributed by atoms with E-state index in [1.165, 1.54) is 0 Å². The third kappa shape index (κ3) is 1.46. The normalized spacial score (nSPS) is 8.10. The van der Waals surface area contributed by atoms with E-state index in [2.05, 4.69) is 11.8 Å². The van der Waals surface area contributed by atoms with Gasteiger partial charge in [-0.1, -0.05) is 0 Å². The predicted molar refractivity (Wildman–Crippen MR) is 42.0 cm³/mol. The Bertz CT molecular complexity index is 288. The van der Waals surface area contributed by atoms with Crippen molar-refractivity contribution in [2.45, 2.75) is 6.92 Å². The zero-order valence-electron chi connectivity index (χ0n) is 5.55. The molecule has 1 rings (SSSR count). The summed E-state index contributed by atoms with van der Waals surface area (Å²) in [6.45, 7) is 1.98. The maximum Gasteiger partial charge on any atom is 0.193 e. The van der Waals surface area contributed by atoms with Crippen molar-refractivity contribution in [2.24, 2.45) is 0 Å². The molecule has 0 bridgehead atoms. The quantitative estimate of drug-likeness (QED) is 0.405. The molecule has 50 valence electrons. The number of aryl methyl sites for hydroxylation is 1. The van der Waals surface area contributed by atoms with Crippen molar-refractivity contribution in [3.05, 3.63) is 21.9 Å². The molecule has 0 radical (unpaired) electrons. The highest BCUT2D eigenvalue weighted by Gasteiger charge is 1.91. The Labute approximate surface area is 63.7 Å². The number of aldehydes is 1. The second kappa shape index (κ2) is 3.19. The first-order valence-electron chi connectivity index (χ1n) is 2.84. The van der Waals surface area contributed by atoms with Crippen LogP contribution >= 0.6 is 11.3 Å². The summed E-state index contributed by atoms with van der Waals surface area (Å²) in [5.74, 6) is 5.11. The van der Waals surface area contributed by atoms with Crippen molar-refractivity contribution in [3.63, 3.8) is 0 Å². The molecule has 0 aromatic carbocycles. The minimum Gasteiger partial charge on any atom is -0.289 e. The third-order valence-corrected chi connectivity index (χ3v) is 2.04. The Kier molecular flexibility index (Phi) is 2.24. The Hall–Kier alpha value is -1.07. The van der Waals surface area contributed by atoms with Crippen molar-refractivity contribution >= 4 is 17.6 Å². The van der Waals surface area contributed by atoms with E-state index >= 15 is 0 Å². The number of thiophene rings is 1. The summed E-state index contributed by atoms with van der Waals surface area (Å²) in [6, 6.07) is 1.99. The number of carbonyl (C=O) groups excluding carboxylic acids is 1. The van der Waals surface area contributed by atoms with Gasteiger partial charge in [0.25, 0.3) is 0 Å². The van der Waals surface area contributed by atoms with Crippen molar-refractivity contribution in [1.82, 2.24) is 0 Å². The molecule has 0 aliphatic rings. The summed E-state index contributed by atoms with van der Waals surface area (Å²) < 4.78 is 0. The molecule has 1 heterocycles. The topological polar surface area (TPSA) is 17.1 Å². The lowest BCUT2D eigenvalue weighted by Gasteiger charge is -1.80. The molecule has 1 aromatic heterocycles. The van der Waals surface area contributed by atoms with Gasteiger partial charge in [-0.3, -0.25) is 4.79 Å². The first kappa shape index (κ1) is 7.04. The maximum atomic E-state index is 9.84. The van der Waals surface area contributed by atoms with Crippen molar-refractivity contribution in [3.8, 4) is 11.8 Å². The SMILES string of the molecule is Cc1ccsc1C#CC=O. The van der Waals surface area contributed by atoms with Gasteiger partial charge < -0.3 is 0 Å². The molecular weight excluding hydrogens is 144 g/mol. The van der Waals surface area contributed by atoms with E-state index in [1.54, 1.807) is 11.3 Å². The zero-order valence-corrected chi connectivity index (χ0v) is 6.37. The van der Waals surface area contributed by atoms with Crippen LogP contribution < -0.4 is 0 Å². The highest BCUT2D eigenvalue weighted by molar-refractivity contribution is 7.10. The molecule has 0 aliphatic carbocycles. The summed E-state index contributed by atoms with van der Waals surface area (Å²) in [5.41, 5.74) is 1.14. The van der Waals surface area contributed by atoms with Crippen LogP contribution in [0.1, 0.15) is 10.4 Å². The number of carbonyl (C=O) groups is 1. The van der Waals surface area contributed by atoms with Crippen molar-refractivity contribution in [2.75, 3.05) is 0 Å². The van der Waals surface area contributed by atoms with Crippen LogP contribution in [0.2, 0.25) is 0 Å². The van der Waals surface area contributed by atoms with Gasteiger partial charge in [0.05, 0.1) is 4.88 Å². The van der Waals surface area contributed by atoms with E-state index in [-0.39, 0.29) is 0 Å². The smallest absolute Gasteiger partial charge is 0.193 e. The first-order valence-corrected chi connectivity index (χ1v) is 3.72. The summed E-state index contributed by atoms with van der Waals surface area (Å²) in [4.78, 5) is 10.8. The molecule has 1 aromatic rings. The van der Waals surface area contributed by atoms with Gasteiger partial charge in [-0.25, -0.2) is 0 Å². The van der Waals surface area contributed by atoms with Crippen LogP contribution in [0.25, 0.3) is 0 Å². The van der Waals surface area contributed by atoms with Gasteiger partial charge in [0.15, 0.2) is 6.29 Å². The zero-order chi connectivity index (χ0) is 7.40. The standard InChI is InChI=1S/C8H6OS/c1-7-4-6-10-8(7)3-2-5-9/h4-6H,1H3. The van der Waals surface area contributed by atoms with Gasteiger partial charge in [-0.15, -0.1) is 11.3 Å². The van der Waals surface area contributed by atoms with Gasteiger partial charge in [0.1, 0.15) is 0 Å². The number of hydrogen-bond donors (Lipinski definition) is 0. The highest BCUT2D eigenvalue weighted by Crippen LogP contribution is 2.12. The van der Waals surface area contributed by atoms with Crippen LogP contribution in [0.3, 0.4) is 0 Å². The molecule has 0 amide bonds. The van der Waals surface area contributed by atoms with E-state index in [0.717, 1.165) is 10.4 Å². The molecule has 0 unspecified atom stereocenters. The van der Waals surface area contributed by atoms with E-state index in [0.29, 0.717) is 6.29 Å². The summed E-state index contributed by atoms with van der Waals surface area (Å²) >= 11 is 1.56. The molecule has 0 N–H and O–H groups in total. The van der Waals surface area contributed by atoms with Gasteiger partial charge >= 0.3 is 0 Å². The van der Waals surface area contributed by atoms with Gasteiger partial charge in [-0.2, -0.15) is 0 Å². The summed E-state index contributed by atoms with van der Waals surface area (Å²) in [7, 11) is 0. The monoisotopic (exact) mass is 150 g/mol. The number of rotatable bonds is 0. The van der Waals surface area contributed by atoms with Gasteiger partial charge in [0, 0.05) is 0 Å². The Morgan fingerprint density at radius 1 is 1.70 bits per heavy atom. The second-order valence-corrected chi connectivity index (χ2v) is 2.74. The fraction of sp³-hybridized carbons (Fsp3) is 0.125.